The largest absolute Gasteiger partial charge is 0.393 e. The molecule has 1 aromatic heterocycles. The maximum absolute atomic E-state index is 14.6. The van der Waals surface area contributed by atoms with Gasteiger partial charge in [-0.2, -0.15) is 0 Å². The van der Waals surface area contributed by atoms with Crippen molar-refractivity contribution in [3.8, 4) is 0 Å². The molecule has 2 aliphatic heterocycles. The zero-order valence-corrected chi connectivity index (χ0v) is 15.4. The van der Waals surface area contributed by atoms with E-state index in [1.54, 1.807) is 12.4 Å². The first-order valence-electron chi connectivity index (χ1n) is 9.71. The number of piperidine rings is 1. The molecule has 6 nitrogen and oxygen atoms in total. The minimum atomic E-state index is -0.258. The second-order valence-electron chi connectivity index (χ2n) is 7.31. The van der Waals surface area contributed by atoms with Crippen LogP contribution in [0.4, 0.5) is 21.7 Å². The summed E-state index contributed by atoms with van der Waals surface area (Å²) in [7, 11) is 0. The minimum absolute atomic E-state index is 0.217. The second-order valence-corrected chi connectivity index (χ2v) is 7.31. The van der Waals surface area contributed by atoms with Crippen molar-refractivity contribution in [2.75, 3.05) is 41.3 Å². The van der Waals surface area contributed by atoms with Crippen molar-refractivity contribution in [2.24, 2.45) is 0 Å². The number of aliphatic hydroxyl groups excluding tert-OH is 1. The minimum Gasteiger partial charge on any atom is -0.393 e. The van der Waals surface area contributed by atoms with Crippen molar-refractivity contribution in [1.29, 1.82) is 0 Å². The molecule has 144 valence electrons. The highest BCUT2D eigenvalue weighted by Crippen LogP contribution is 2.25. The van der Waals surface area contributed by atoms with Crippen molar-refractivity contribution < 1.29 is 9.50 Å². The van der Waals surface area contributed by atoms with Crippen LogP contribution in [-0.2, 0) is 6.54 Å². The molecule has 0 saturated carbocycles. The van der Waals surface area contributed by atoms with Crippen molar-refractivity contribution in [1.82, 2.24) is 9.97 Å². The first-order valence-corrected chi connectivity index (χ1v) is 9.71. The van der Waals surface area contributed by atoms with Crippen LogP contribution in [-0.4, -0.2) is 47.4 Å². The lowest BCUT2D eigenvalue weighted by atomic mass is 10.1. The van der Waals surface area contributed by atoms with Gasteiger partial charge in [0.15, 0.2) is 0 Å². The predicted octanol–water partition coefficient (Wildman–Crippen LogP) is 2.79. The Balaban J connectivity index is 1.38. The molecule has 2 aliphatic rings. The third-order valence-electron chi connectivity index (χ3n) is 5.37. The van der Waals surface area contributed by atoms with Gasteiger partial charge < -0.3 is 20.2 Å². The molecule has 3 heterocycles. The molecule has 0 atom stereocenters. The van der Waals surface area contributed by atoms with E-state index >= 15 is 0 Å². The number of hydrogen-bond acceptors (Lipinski definition) is 6. The van der Waals surface area contributed by atoms with Gasteiger partial charge in [0.25, 0.3) is 0 Å². The van der Waals surface area contributed by atoms with E-state index in [2.05, 4.69) is 20.2 Å². The van der Waals surface area contributed by atoms with Gasteiger partial charge in [-0.25, -0.2) is 14.4 Å². The third kappa shape index (κ3) is 4.30. The van der Waals surface area contributed by atoms with Crippen molar-refractivity contribution in [3.63, 3.8) is 0 Å². The van der Waals surface area contributed by atoms with Crippen LogP contribution in [0.1, 0.15) is 31.2 Å². The predicted molar refractivity (Wildman–Crippen MR) is 105 cm³/mol. The molecule has 0 aliphatic carbocycles. The van der Waals surface area contributed by atoms with Crippen molar-refractivity contribution >= 4 is 17.3 Å². The number of aromatic nitrogens is 2. The highest BCUT2D eigenvalue weighted by Gasteiger charge is 2.19. The molecule has 0 amide bonds. The Labute approximate surface area is 159 Å². The molecule has 2 saturated heterocycles. The van der Waals surface area contributed by atoms with E-state index in [0.29, 0.717) is 38.2 Å². The third-order valence-corrected chi connectivity index (χ3v) is 5.37. The van der Waals surface area contributed by atoms with Crippen molar-refractivity contribution in [2.45, 2.75) is 38.3 Å². The molecule has 27 heavy (non-hydrogen) atoms. The Morgan fingerprint density at radius 1 is 1.04 bits per heavy atom. The van der Waals surface area contributed by atoms with E-state index in [1.165, 1.54) is 12.8 Å². The van der Waals surface area contributed by atoms with Gasteiger partial charge in [0.05, 0.1) is 11.8 Å². The van der Waals surface area contributed by atoms with Gasteiger partial charge >= 0.3 is 0 Å². The number of aliphatic hydroxyl groups is 1. The van der Waals surface area contributed by atoms with E-state index < -0.39 is 0 Å². The standard InChI is InChI=1S/C20H26FN5O/c21-17-11-15(3-4-18(17)25-9-5-16(27)6-10-25)13-22-19-12-20(24-14-23-19)26-7-1-2-8-26/h3-4,11-12,14,16,27H,1-2,5-10,13H2,(H,22,23,24). The molecule has 0 radical (unpaired) electrons. The fourth-order valence-electron chi connectivity index (χ4n) is 3.78. The second kappa shape index (κ2) is 8.08. The fourth-order valence-corrected chi connectivity index (χ4v) is 3.78. The first kappa shape index (κ1) is 18.0. The van der Waals surface area contributed by atoms with Crippen LogP contribution < -0.4 is 15.1 Å². The molecule has 2 aromatic rings. The van der Waals surface area contributed by atoms with Crippen LogP contribution in [0.15, 0.2) is 30.6 Å². The maximum atomic E-state index is 14.6. The smallest absolute Gasteiger partial charge is 0.146 e. The Morgan fingerprint density at radius 2 is 1.81 bits per heavy atom. The highest BCUT2D eigenvalue weighted by atomic mass is 19.1. The molecule has 0 unspecified atom stereocenters. The molecule has 4 rings (SSSR count). The molecular weight excluding hydrogens is 345 g/mol. The zero-order chi connectivity index (χ0) is 18.6. The van der Waals surface area contributed by atoms with Crippen LogP contribution in [0.25, 0.3) is 0 Å². The molecule has 2 N–H and O–H groups in total. The number of hydrogen-bond donors (Lipinski definition) is 2. The van der Waals surface area contributed by atoms with Gasteiger partial charge in [-0.1, -0.05) is 6.07 Å². The zero-order valence-electron chi connectivity index (χ0n) is 15.4. The first-order chi connectivity index (χ1) is 13.2. The summed E-state index contributed by atoms with van der Waals surface area (Å²) in [5, 5.41) is 12.9. The lowest BCUT2D eigenvalue weighted by molar-refractivity contribution is 0.145. The maximum Gasteiger partial charge on any atom is 0.146 e. The van der Waals surface area contributed by atoms with Gasteiger partial charge in [-0.3, -0.25) is 0 Å². The molecule has 7 heteroatoms. The van der Waals surface area contributed by atoms with Crippen LogP contribution in [0, 0.1) is 5.82 Å². The normalized spacial score (nSPS) is 18.1. The fraction of sp³-hybridized carbons (Fsp3) is 0.500. The lowest BCUT2D eigenvalue weighted by Gasteiger charge is -2.31. The summed E-state index contributed by atoms with van der Waals surface area (Å²) in [5.41, 5.74) is 1.48. The number of halogens is 1. The average molecular weight is 371 g/mol. The number of benzene rings is 1. The molecular formula is C20H26FN5O. The number of rotatable bonds is 5. The summed E-state index contributed by atoms with van der Waals surface area (Å²) in [6.07, 6.45) is 5.10. The molecule has 2 fully saturated rings. The lowest BCUT2D eigenvalue weighted by Crippen LogP contribution is -2.36. The number of anilines is 3. The Kier molecular flexibility index (Phi) is 5.38. The van der Waals surface area contributed by atoms with Crippen molar-refractivity contribution in [3.05, 3.63) is 42.0 Å². The number of nitrogens with zero attached hydrogens (tertiary/aromatic N) is 4. The van der Waals surface area contributed by atoms with Crippen LogP contribution in [0.5, 0.6) is 0 Å². The van der Waals surface area contributed by atoms with E-state index in [4.69, 9.17) is 0 Å². The van der Waals surface area contributed by atoms with E-state index in [0.717, 1.165) is 30.3 Å². The summed E-state index contributed by atoms with van der Waals surface area (Å²) in [4.78, 5) is 12.9. The monoisotopic (exact) mass is 371 g/mol. The Bertz CT molecular complexity index is 773. The SMILES string of the molecule is OC1CCN(c2ccc(CNc3cc(N4CCCC4)ncn3)cc2F)CC1. The summed E-state index contributed by atoms with van der Waals surface area (Å²) in [5.74, 6) is 1.48. The van der Waals surface area contributed by atoms with E-state index in [-0.39, 0.29) is 11.9 Å². The van der Waals surface area contributed by atoms with Crippen LogP contribution in [0.3, 0.4) is 0 Å². The molecule has 0 spiro atoms. The van der Waals surface area contributed by atoms with Gasteiger partial charge in [0.1, 0.15) is 23.8 Å². The van der Waals surface area contributed by atoms with E-state index in [9.17, 15) is 9.50 Å². The highest BCUT2D eigenvalue weighted by molar-refractivity contribution is 5.51. The van der Waals surface area contributed by atoms with Gasteiger partial charge in [-0.15, -0.1) is 0 Å². The summed E-state index contributed by atoms with van der Waals surface area (Å²) in [6, 6.07) is 7.31. The molecule has 0 bridgehead atoms. The van der Waals surface area contributed by atoms with Crippen LogP contribution >= 0.6 is 0 Å². The summed E-state index contributed by atoms with van der Waals surface area (Å²) < 4.78 is 14.6. The Hall–Kier alpha value is -2.41. The quantitative estimate of drug-likeness (QED) is 0.843. The Morgan fingerprint density at radius 3 is 2.56 bits per heavy atom. The average Bonchev–Trinajstić information content (AvgIpc) is 3.23. The summed E-state index contributed by atoms with van der Waals surface area (Å²) >= 11 is 0. The van der Waals surface area contributed by atoms with Gasteiger partial charge in [-0.05, 0) is 43.4 Å². The summed E-state index contributed by atoms with van der Waals surface area (Å²) in [6.45, 7) is 3.96. The molecule has 1 aromatic carbocycles. The topological polar surface area (TPSA) is 64.5 Å². The van der Waals surface area contributed by atoms with Gasteiger partial charge in [0.2, 0.25) is 0 Å². The van der Waals surface area contributed by atoms with Crippen LogP contribution in [0.2, 0.25) is 0 Å². The van der Waals surface area contributed by atoms with Gasteiger partial charge in [0, 0.05) is 38.8 Å². The number of nitrogens with one attached hydrogen (secondary N) is 1. The van der Waals surface area contributed by atoms with E-state index in [1.807, 2.05) is 23.1 Å².